The lowest BCUT2D eigenvalue weighted by Crippen LogP contribution is -2.50. The van der Waals surface area contributed by atoms with Crippen LogP contribution in [0.15, 0.2) is 46.6 Å². The van der Waals surface area contributed by atoms with E-state index in [-0.39, 0.29) is 35.9 Å². The zero-order valence-electron chi connectivity index (χ0n) is 18.0. The van der Waals surface area contributed by atoms with E-state index < -0.39 is 22.9 Å². The molecule has 4 rings (SSSR count). The maximum Gasteiger partial charge on any atom is 0.326 e. The molecule has 0 aliphatic carbocycles. The molecule has 2 aliphatic rings. The van der Waals surface area contributed by atoms with Crippen molar-refractivity contribution in [3.8, 4) is 11.8 Å². The average Bonchev–Trinajstić information content (AvgIpc) is 2.98. The number of ether oxygens (including phenoxy) is 2. The number of anilines is 1. The van der Waals surface area contributed by atoms with Crippen LogP contribution < -0.4 is 20.9 Å². The highest BCUT2D eigenvalue weighted by molar-refractivity contribution is 6.15. The third-order valence-corrected chi connectivity index (χ3v) is 5.87. The quantitative estimate of drug-likeness (QED) is 0.722. The topological polar surface area (TPSA) is 128 Å². The molecule has 2 aliphatic heterocycles. The van der Waals surface area contributed by atoms with E-state index in [1.54, 1.807) is 44.2 Å². The maximum absolute atomic E-state index is 14.1. The summed E-state index contributed by atoms with van der Waals surface area (Å²) in [6.07, 6.45) is 0. The minimum absolute atomic E-state index is 0.0134. The van der Waals surface area contributed by atoms with E-state index in [4.69, 9.17) is 15.2 Å². The molecule has 164 valence electrons. The zero-order chi connectivity index (χ0) is 23.2. The first-order valence-electron chi connectivity index (χ1n) is 10.2. The van der Waals surface area contributed by atoms with E-state index >= 15 is 0 Å². The van der Waals surface area contributed by atoms with Gasteiger partial charge in [0.2, 0.25) is 11.8 Å². The Hall–Kier alpha value is -4.06. The van der Waals surface area contributed by atoms with E-state index in [1.165, 1.54) is 9.47 Å². The second-order valence-corrected chi connectivity index (χ2v) is 7.49. The van der Waals surface area contributed by atoms with E-state index in [2.05, 4.69) is 0 Å². The normalized spacial score (nSPS) is 18.8. The fourth-order valence-corrected chi connectivity index (χ4v) is 4.61. The van der Waals surface area contributed by atoms with Gasteiger partial charge in [0, 0.05) is 29.6 Å². The Kier molecular flexibility index (Phi) is 5.01. The smallest absolute Gasteiger partial charge is 0.326 e. The standard InChI is InChI=1S/C23H22N4O5/c1-4-26-13(3)10-17-19(21(26)29)23(15(11-24)20(25)32-17)14-8-6-7-9-16(14)27(22(23)30)12-18(28)31-5-2/h6-10H,4-5,12,25H2,1-3H3. The predicted molar refractivity (Wildman–Crippen MR) is 115 cm³/mol. The van der Waals surface area contributed by atoms with E-state index in [0.717, 1.165) is 0 Å². The molecular weight excluding hydrogens is 412 g/mol. The molecule has 0 saturated carbocycles. The van der Waals surface area contributed by atoms with Crippen LogP contribution in [0.5, 0.6) is 5.75 Å². The molecule has 0 fully saturated rings. The van der Waals surface area contributed by atoms with Crippen molar-refractivity contribution in [1.29, 1.82) is 5.26 Å². The molecule has 1 aromatic heterocycles. The van der Waals surface area contributed by atoms with Crippen LogP contribution in [-0.4, -0.2) is 29.6 Å². The van der Waals surface area contributed by atoms with Crippen LogP contribution in [0.2, 0.25) is 0 Å². The van der Waals surface area contributed by atoms with Gasteiger partial charge >= 0.3 is 5.97 Å². The van der Waals surface area contributed by atoms with Gasteiger partial charge in [-0.2, -0.15) is 5.26 Å². The van der Waals surface area contributed by atoms with Crippen molar-refractivity contribution in [3.05, 3.63) is 69.0 Å². The molecule has 2 aromatic rings. The minimum Gasteiger partial charge on any atom is -0.465 e. The fraction of sp³-hybridized carbons (Fsp3) is 0.304. The number of amides is 1. The van der Waals surface area contributed by atoms with Crippen molar-refractivity contribution in [2.45, 2.75) is 32.7 Å². The first-order valence-corrected chi connectivity index (χ1v) is 10.2. The number of hydrogen-bond donors (Lipinski definition) is 1. The molecule has 3 heterocycles. The third kappa shape index (κ3) is 2.66. The SMILES string of the molecule is CCOC(=O)CN1C(=O)C2(C(C#N)=C(N)Oc3cc(C)n(CC)c(=O)c32)c2ccccc21. The molecule has 0 saturated heterocycles. The fourth-order valence-electron chi connectivity index (χ4n) is 4.61. The zero-order valence-corrected chi connectivity index (χ0v) is 18.0. The van der Waals surface area contributed by atoms with E-state index in [1.807, 2.05) is 13.0 Å². The molecule has 1 unspecified atom stereocenters. The number of carbonyl (C=O) groups excluding carboxylic acids is 2. The summed E-state index contributed by atoms with van der Waals surface area (Å²) in [7, 11) is 0. The number of nitrogens with two attached hydrogens (primary N) is 1. The molecule has 9 nitrogen and oxygen atoms in total. The lowest BCUT2D eigenvalue weighted by molar-refractivity contribution is -0.142. The number of pyridine rings is 1. The number of aryl methyl sites for hydroxylation is 1. The lowest BCUT2D eigenvalue weighted by atomic mass is 9.69. The Bertz CT molecular complexity index is 1290. The molecule has 1 aromatic carbocycles. The number of para-hydroxylation sites is 1. The Balaban J connectivity index is 2.10. The summed E-state index contributed by atoms with van der Waals surface area (Å²) in [5.74, 6) is -1.37. The summed E-state index contributed by atoms with van der Waals surface area (Å²) in [5, 5.41) is 10.0. The number of benzene rings is 1. The molecule has 32 heavy (non-hydrogen) atoms. The molecular formula is C23H22N4O5. The van der Waals surface area contributed by atoms with Gasteiger partial charge in [-0.3, -0.25) is 19.3 Å². The number of nitrogens with zero attached hydrogens (tertiary/aromatic N) is 3. The molecule has 1 atom stereocenters. The lowest BCUT2D eigenvalue weighted by Gasteiger charge is -2.34. The summed E-state index contributed by atoms with van der Waals surface area (Å²) >= 11 is 0. The Morgan fingerprint density at radius 3 is 2.66 bits per heavy atom. The van der Waals surface area contributed by atoms with Gasteiger partial charge in [0.05, 0.1) is 12.2 Å². The second-order valence-electron chi connectivity index (χ2n) is 7.49. The Morgan fingerprint density at radius 2 is 2.00 bits per heavy atom. The number of rotatable bonds is 4. The molecule has 1 amide bonds. The largest absolute Gasteiger partial charge is 0.465 e. The highest BCUT2D eigenvalue weighted by atomic mass is 16.5. The van der Waals surface area contributed by atoms with Crippen molar-refractivity contribution in [3.63, 3.8) is 0 Å². The third-order valence-electron chi connectivity index (χ3n) is 5.87. The molecule has 1 spiro atoms. The van der Waals surface area contributed by atoms with Crippen LogP contribution in [0.25, 0.3) is 0 Å². The molecule has 0 radical (unpaired) electrons. The summed E-state index contributed by atoms with van der Waals surface area (Å²) in [5.41, 5.74) is 5.08. The van der Waals surface area contributed by atoms with Gasteiger partial charge in [0.15, 0.2) is 5.41 Å². The van der Waals surface area contributed by atoms with Crippen LogP contribution in [-0.2, 0) is 26.3 Å². The van der Waals surface area contributed by atoms with Gasteiger partial charge in [0.25, 0.3) is 5.56 Å². The first-order chi connectivity index (χ1) is 15.3. The van der Waals surface area contributed by atoms with E-state index in [0.29, 0.717) is 23.5 Å². The summed E-state index contributed by atoms with van der Waals surface area (Å²) < 4.78 is 12.2. The van der Waals surface area contributed by atoms with Crippen LogP contribution in [0.4, 0.5) is 5.69 Å². The van der Waals surface area contributed by atoms with Gasteiger partial charge in [-0.05, 0) is 26.8 Å². The Labute approximate surface area is 184 Å². The highest BCUT2D eigenvalue weighted by Gasteiger charge is 2.61. The number of nitriles is 1. The number of hydrogen-bond acceptors (Lipinski definition) is 7. The van der Waals surface area contributed by atoms with Crippen LogP contribution >= 0.6 is 0 Å². The van der Waals surface area contributed by atoms with Crippen molar-refractivity contribution >= 4 is 17.6 Å². The highest BCUT2D eigenvalue weighted by Crippen LogP contribution is 2.54. The van der Waals surface area contributed by atoms with Gasteiger partial charge in [0.1, 0.15) is 23.9 Å². The van der Waals surface area contributed by atoms with Crippen LogP contribution in [0, 0.1) is 18.3 Å². The summed E-state index contributed by atoms with van der Waals surface area (Å²) in [4.78, 5) is 41.2. The number of aromatic nitrogens is 1. The summed E-state index contributed by atoms with van der Waals surface area (Å²) in [6, 6.07) is 10.4. The monoisotopic (exact) mass is 434 g/mol. The second kappa shape index (κ2) is 7.57. The molecule has 0 bridgehead atoms. The summed E-state index contributed by atoms with van der Waals surface area (Å²) in [6.45, 7) is 5.37. The predicted octanol–water partition coefficient (Wildman–Crippen LogP) is 1.46. The number of carbonyl (C=O) groups is 2. The van der Waals surface area contributed by atoms with E-state index in [9.17, 15) is 19.6 Å². The van der Waals surface area contributed by atoms with Crippen molar-refractivity contribution < 1.29 is 19.1 Å². The number of esters is 1. The number of fused-ring (bicyclic) bond motifs is 4. The minimum atomic E-state index is -1.82. The van der Waals surface area contributed by atoms with Crippen LogP contribution in [0.1, 0.15) is 30.7 Å². The van der Waals surface area contributed by atoms with Gasteiger partial charge in [-0.25, -0.2) is 0 Å². The van der Waals surface area contributed by atoms with Crippen molar-refractivity contribution in [2.24, 2.45) is 5.73 Å². The molecule has 2 N–H and O–H groups in total. The van der Waals surface area contributed by atoms with Crippen molar-refractivity contribution in [1.82, 2.24) is 4.57 Å². The van der Waals surface area contributed by atoms with Gasteiger partial charge in [-0.15, -0.1) is 0 Å². The molecule has 9 heteroatoms. The average molecular weight is 434 g/mol. The maximum atomic E-state index is 14.1. The van der Waals surface area contributed by atoms with Gasteiger partial charge in [-0.1, -0.05) is 18.2 Å². The van der Waals surface area contributed by atoms with Crippen molar-refractivity contribution in [2.75, 3.05) is 18.1 Å². The van der Waals surface area contributed by atoms with Gasteiger partial charge < -0.3 is 19.8 Å². The van der Waals surface area contributed by atoms with Crippen LogP contribution in [0.3, 0.4) is 0 Å². The first kappa shape index (κ1) is 21.2. The Morgan fingerprint density at radius 1 is 1.28 bits per heavy atom.